The highest BCUT2D eigenvalue weighted by molar-refractivity contribution is 6.31. The summed E-state index contributed by atoms with van der Waals surface area (Å²) in [5, 5.41) is 12.9. The number of aliphatic hydroxyl groups is 1. The zero-order chi connectivity index (χ0) is 11.5. The smallest absolute Gasteiger partial charge is 0.123 e. The van der Waals surface area contributed by atoms with Crippen molar-refractivity contribution < 1.29 is 9.50 Å². The first-order valence-electron chi connectivity index (χ1n) is 5.48. The highest BCUT2D eigenvalue weighted by Crippen LogP contribution is 2.26. The number of benzene rings is 1. The Morgan fingerprint density at radius 1 is 1.44 bits per heavy atom. The zero-order valence-electron chi connectivity index (χ0n) is 8.92. The molecule has 0 bridgehead atoms. The maximum absolute atomic E-state index is 12.9. The lowest BCUT2D eigenvalue weighted by Gasteiger charge is -2.31. The average molecular weight is 244 g/mol. The number of hydrogen-bond donors (Lipinski definition) is 2. The van der Waals surface area contributed by atoms with Crippen LogP contribution in [0.3, 0.4) is 0 Å². The van der Waals surface area contributed by atoms with E-state index < -0.39 is 0 Å². The first kappa shape index (κ1) is 11.8. The maximum Gasteiger partial charge on any atom is 0.123 e. The molecule has 0 aromatic heterocycles. The molecule has 88 valence electrons. The Bertz CT molecular complexity index is 366. The van der Waals surface area contributed by atoms with E-state index in [1.165, 1.54) is 12.1 Å². The van der Waals surface area contributed by atoms with Gasteiger partial charge in [0.1, 0.15) is 5.82 Å². The van der Waals surface area contributed by atoms with Gasteiger partial charge in [-0.2, -0.15) is 0 Å². The molecule has 1 aromatic carbocycles. The van der Waals surface area contributed by atoms with Gasteiger partial charge in [-0.1, -0.05) is 11.6 Å². The molecule has 0 spiro atoms. The third kappa shape index (κ3) is 2.94. The van der Waals surface area contributed by atoms with Crippen LogP contribution in [0.2, 0.25) is 5.02 Å². The average Bonchev–Trinajstić information content (AvgIpc) is 2.20. The van der Waals surface area contributed by atoms with E-state index in [4.69, 9.17) is 16.7 Å². The molecule has 16 heavy (non-hydrogen) atoms. The molecule has 0 amide bonds. The fraction of sp³-hybridized carbons (Fsp3) is 0.500. The molecule has 1 aliphatic carbocycles. The van der Waals surface area contributed by atoms with Crippen LogP contribution in [0.5, 0.6) is 0 Å². The molecule has 0 heterocycles. The van der Waals surface area contributed by atoms with Crippen molar-refractivity contribution in [2.45, 2.75) is 25.5 Å². The molecule has 1 saturated carbocycles. The molecule has 0 unspecified atom stereocenters. The summed E-state index contributed by atoms with van der Waals surface area (Å²) in [5.41, 5.74) is 0.779. The Kier molecular flexibility index (Phi) is 3.79. The van der Waals surface area contributed by atoms with Crippen LogP contribution in [-0.2, 0) is 6.54 Å². The quantitative estimate of drug-likeness (QED) is 0.851. The Labute approximate surface area is 99.4 Å². The second kappa shape index (κ2) is 5.13. The van der Waals surface area contributed by atoms with E-state index in [9.17, 15) is 4.39 Å². The minimum Gasteiger partial charge on any atom is -0.393 e. The van der Waals surface area contributed by atoms with Crippen LogP contribution in [0.1, 0.15) is 18.4 Å². The molecule has 1 aliphatic rings. The monoisotopic (exact) mass is 243 g/mol. The summed E-state index contributed by atoms with van der Waals surface area (Å²) in [5.74, 6) is 0.280. The van der Waals surface area contributed by atoms with Crippen molar-refractivity contribution in [1.29, 1.82) is 0 Å². The molecule has 0 aliphatic heterocycles. The molecule has 0 saturated heterocycles. The molecule has 2 rings (SSSR count). The number of rotatable bonds is 4. The summed E-state index contributed by atoms with van der Waals surface area (Å²) in [7, 11) is 0. The lowest BCUT2D eigenvalue weighted by molar-refractivity contribution is 0.0430. The fourth-order valence-electron chi connectivity index (χ4n) is 1.96. The summed E-state index contributed by atoms with van der Waals surface area (Å²) in [6.45, 7) is 1.42. The van der Waals surface area contributed by atoms with E-state index >= 15 is 0 Å². The Balaban J connectivity index is 1.78. The van der Waals surface area contributed by atoms with Gasteiger partial charge in [0.15, 0.2) is 0 Å². The molecule has 4 heteroatoms. The van der Waals surface area contributed by atoms with E-state index in [2.05, 4.69) is 5.32 Å². The van der Waals surface area contributed by atoms with Crippen LogP contribution in [-0.4, -0.2) is 17.8 Å². The van der Waals surface area contributed by atoms with Crippen molar-refractivity contribution in [3.8, 4) is 0 Å². The Morgan fingerprint density at radius 2 is 2.19 bits per heavy atom. The predicted molar refractivity (Wildman–Crippen MR) is 61.8 cm³/mol. The third-order valence-electron chi connectivity index (χ3n) is 2.97. The van der Waals surface area contributed by atoms with Gasteiger partial charge in [0.25, 0.3) is 0 Å². The first-order chi connectivity index (χ1) is 7.65. The third-order valence-corrected chi connectivity index (χ3v) is 3.34. The lowest BCUT2D eigenvalue weighted by Crippen LogP contribution is -2.35. The minimum atomic E-state index is -0.264. The topological polar surface area (TPSA) is 32.3 Å². The Morgan fingerprint density at radius 3 is 2.88 bits per heavy atom. The number of nitrogens with one attached hydrogen (secondary N) is 1. The van der Waals surface area contributed by atoms with Crippen molar-refractivity contribution in [3.63, 3.8) is 0 Å². The predicted octanol–water partition coefficient (Wildman–Crippen LogP) is 2.34. The van der Waals surface area contributed by atoms with Gasteiger partial charge in [0.2, 0.25) is 0 Å². The van der Waals surface area contributed by atoms with Gasteiger partial charge in [-0.25, -0.2) is 4.39 Å². The molecule has 1 fully saturated rings. The summed E-state index contributed by atoms with van der Waals surface area (Å²) in [6, 6.07) is 4.38. The van der Waals surface area contributed by atoms with E-state index in [0.29, 0.717) is 17.5 Å². The molecule has 0 atom stereocenters. The van der Waals surface area contributed by atoms with Gasteiger partial charge in [-0.05, 0) is 49.1 Å². The molecular formula is C12H15ClFNO. The highest BCUT2D eigenvalue weighted by Gasteiger charge is 2.26. The highest BCUT2D eigenvalue weighted by atomic mass is 35.5. The second-order valence-corrected chi connectivity index (χ2v) is 4.77. The van der Waals surface area contributed by atoms with Crippen LogP contribution in [0.25, 0.3) is 0 Å². The van der Waals surface area contributed by atoms with Gasteiger partial charge in [-0.3, -0.25) is 0 Å². The summed E-state index contributed by atoms with van der Waals surface area (Å²) < 4.78 is 12.9. The summed E-state index contributed by atoms with van der Waals surface area (Å²) >= 11 is 5.94. The SMILES string of the molecule is OC1CC(CNCc2cc(F)ccc2Cl)C1. The lowest BCUT2D eigenvalue weighted by atomic mass is 9.82. The van der Waals surface area contributed by atoms with E-state index in [1.54, 1.807) is 6.07 Å². The molecule has 1 aromatic rings. The van der Waals surface area contributed by atoms with Gasteiger partial charge in [0, 0.05) is 11.6 Å². The van der Waals surface area contributed by atoms with Crippen LogP contribution in [0, 0.1) is 11.7 Å². The summed E-state index contributed by atoms with van der Waals surface area (Å²) in [4.78, 5) is 0. The second-order valence-electron chi connectivity index (χ2n) is 4.36. The van der Waals surface area contributed by atoms with E-state index in [0.717, 1.165) is 24.9 Å². The first-order valence-corrected chi connectivity index (χ1v) is 5.85. The molecule has 2 nitrogen and oxygen atoms in total. The van der Waals surface area contributed by atoms with Gasteiger partial charge in [-0.15, -0.1) is 0 Å². The van der Waals surface area contributed by atoms with Crippen molar-refractivity contribution in [1.82, 2.24) is 5.32 Å². The maximum atomic E-state index is 12.9. The Hall–Kier alpha value is -0.640. The summed E-state index contributed by atoms with van der Waals surface area (Å²) in [6.07, 6.45) is 1.61. The van der Waals surface area contributed by atoms with Crippen molar-refractivity contribution in [2.24, 2.45) is 5.92 Å². The van der Waals surface area contributed by atoms with Crippen molar-refractivity contribution >= 4 is 11.6 Å². The standard InChI is InChI=1S/C12H15ClFNO/c13-12-2-1-10(14)5-9(12)7-15-6-8-3-11(16)4-8/h1-2,5,8,11,15-16H,3-4,6-7H2. The van der Waals surface area contributed by atoms with E-state index in [1.807, 2.05) is 0 Å². The van der Waals surface area contributed by atoms with Crippen molar-refractivity contribution in [2.75, 3.05) is 6.54 Å². The van der Waals surface area contributed by atoms with Gasteiger partial charge < -0.3 is 10.4 Å². The minimum absolute atomic E-state index is 0.121. The van der Waals surface area contributed by atoms with Crippen LogP contribution >= 0.6 is 11.6 Å². The fourth-order valence-corrected chi connectivity index (χ4v) is 2.14. The number of halogens is 2. The molecule has 0 radical (unpaired) electrons. The van der Waals surface area contributed by atoms with Crippen LogP contribution in [0.15, 0.2) is 18.2 Å². The van der Waals surface area contributed by atoms with Crippen LogP contribution < -0.4 is 5.32 Å². The van der Waals surface area contributed by atoms with Crippen molar-refractivity contribution in [3.05, 3.63) is 34.6 Å². The van der Waals surface area contributed by atoms with E-state index in [-0.39, 0.29) is 11.9 Å². The number of aliphatic hydroxyl groups excluding tert-OH is 1. The molecular weight excluding hydrogens is 229 g/mol. The zero-order valence-corrected chi connectivity index (χ0v) is 9.67. The van der Waals surface area contributed by atoms with Gasteiger partial charge >= 0.3 is 0 Å². The van der Waals surface area contributed by atoms with Gasteiger partial charge in [0.05, 0.1) is 6.10 Å². The molecule has 2 N–H and O–H groups in total. The largest absolute Gasteiger partial charge is 0.393 e. The number of hydrogen-bond acceptors (Lipinski definition) is 2. The normalized spacial score (nSPS) is 24.2. The van der Waals surface area contributed by atoms with Crippen LogP contribution in [0.4, 0.5) is 4.39 Å².